The largest absolute Gasteiger partial charge is 0.492 e. The number of likely N-dealkylation sites (tertiary alicyclic amines) is 1. The van der Waals surface area contributed by atoms with Crippen molar-refractivity contribution in [1.82, 2.24) is 4.90 Å². The van der Waals surface area contributed by atoms with E-state index in [2.05, 4.69) is 17.1 Å². The topological polar surface area (TPSA) is 50.8 Å². The van der Waals surface area contributed by atoms with Crippen LogP contribution in [0.1, 0.15) is 38.2 Å². The smallest absolute Gasteiger partial charge is 0.235 e. The first-order valence-corrected chi connectivity index (χ1v) is 12.0. The number of nitrogens with zero attached hydrogens (tertiary/aromatic N) is 1. The molecule has 4 rings (SSSR count). The lowest BCUT2D eigenvalue weighted by Crippen LogP contribution is -2.44. The molecule has 2 heterocycles. The zero-order valence-corrected chi connectivity index (χ0v) is 19.6. The normalized spacial score (nSPS) is 19.4. The van der Waals surface area contributed by atoms with Crippen LogP contribution in [0.15, 0.2) is 48.5 Å². The van der Waals surface area contributed by atoms with Crippen LogP contribution in [-0.4, -0.2) is 50.3 Å². The van der Waals surface area contributed by atoms with E-state index in [1.807, 2.05) is 48.5 Å². The van der Waals surface area contributed by atoms with E-state index in [-0.39, 0.29) is 5.91 Å². The summed E-state index contributed by atoms with van der Waals surface area (Å²) in [5.74, 6) is 1.66. The molecule has 2 aromatic rings. The highest BCUT2D eigenvalue weighted by molar-refractivity contribution is 6.30. The molecule has 2 fully saturated rings. The Morgan fingerprint density at radius 3 is 2.41 bits per heavy atom. The molecule has 1 amide bonds. The Morgan fingerprint density at radius 2 is 1.75 bits per heavy atom. The van der Waals surface area contributed by atoms with Crippen molar-refractivity contribution in [3.05, 3.63) is 59.1 Å². The third-order valence-electron chi connectivity index (χ3n) is 6.84. The average Bonchev–Trinajstić information content (AvgIpc) is 2.82. The van der Waals surface area contributed by atoms with Crippen LogP contribution in [0.3, 0.4) is 0 Å². The number of piperidine rings is 1. The van der Waals surface area contributed by atoms with Gasteiger partial charge in [0.05, 0.1) is 5.41 Å². The Bertz CT molecular complexity index is 871. The minimum absolute atomic E-state index is 0.00359. The first-order chi connectivity index (χ1) is 15.5. The van der Waals surface area contributed by atoms with E-state index in [0.717, 1.165) is 42.6 Å². The van der Waals surface area contributed by atoms with Crippen LogP contribution >= 0.6 is 11.6 Å². The highest BCUT2D eigenvalue weighted by atomic mass is 35.5. The van der Waals surface area contributed by atoms with Crippen LogP contribution in [-0.2, 0) is 14.9 Å². The van der Waals surface area contributed by atoms with Crippen LogP contribution in [0.4, 0.5) is 5.69 Å². The quantitative estimate of drug-likeness (QED) is 0.626. The first kappa shape index (κ1) is 23.1. The molecule has 1 N–H and O–H groups in total. The Hall–Kier alpha value is -2.08. The lowest BCUT2D eigenvalue weighted by Gasteiger charge is -2.36. The monoisotopic (exact) mass is 456 g/mol. The predicted molar refractivity (Wildman–Crippen MR) is 129 cm³/mol. The van der Waals surface area contributed by atoms with Gasteiger partial charge in [-0.05, 0) is 86.7 Å². The minimum Gasteiger partial charge on any atom is -0.492 e. The molecule has 172 valence electrons. The van der Waals surface area contributed by atoms with Gasteiger partial charge < -0.3 is 14.8 Å². The third kappa shape index (κ3) is 5.64. The SMILES string of the molecule is CC1CCN(CCOc2ccc(NC(=O)C3(c4ccc(Cl)cc4)CCOCC3)cc2)CC1. The maximum absolute atomic E-state index is 13.4. The average molecular weight is 457 g/mol. The van der Waals surface area contributed by atoms with E-state index in [9.17, 15) is 4.79 Å². The van der Waals surface area contributed by atoms with Gasteiger partial charge in [0, 0.05) is 30.5 Å². The van der Waals surface area contributed by atoms with Crippen LogP contribution in [0, 0.1) is 5.92 Å². The number of hydrogen-bond donors (Lipinski definition) is 1. The number of hydrogen-bond acceptors (Lipinski definition) is 4. The van der Waals surface area contributed by atoms with Crippen molar-refractivity contribution >= 4 is 23.2 Å². The summed E-state index contributed by atoms with van der Waals surface area (Å²) >= 11 is 6.07. The number of ether oxygens (including phenoxy) is 2. The van der Waals surface area contributed by atoms with E-state index in [1.54, 1.807) is 0 Å². The summed E-state index contributed by atoms with van der Waals surface area (Å²) in [4.78, 5) is 15.9. The van der Waals surface area contributed by atoms with Crippen LogP contribution < -0.4 is 10.1 Å². The number of rotatable bonds is 7. The Kier molecular flexibility index (Phi) is 7.71. The molecule has 2 saturated heterocycles. The maximum Gasteiger partial charge on any atom is 0.235 e. The maximum atomic E-state index is 13.4. The van der Waals surface area contributed by atoms with Gasteiger partial charge in [-0.2, -0.15) is 0 Å². The minimum atomic E-state index is -0.607. The molecular formula is C26H33ClN2O3. The van der Waals surface area contributed by atoms with Gasteiger partial charge >= 0.3 is 0 Å². The zero-order valence-electron chi connectivity index (χ0n) is 18.8. The molecule has 0 bridgehead atoms. The van der Waals surface area contributed by atoms with Crippen molar-refractivity contribution in [2.75, 3.05) is 44.8 Å². The van der Waals surface area contributed by atoms with Gasteiger partial charge in [0.25, 0.3) is 0 Å². The number of nitrogens with one attached hydrogen (secondary N) is 1. The molecule has 2 aliphatic rings. The standard InChI is InChI=1S/C26H33ClN2O3/c1-20-10-14-29(15-11-20)16-19-32-24-8-6-23(7-9-24)28-25(30)26(12-17-31-18-13-26)21-2-4-22(27)5-3-21/h2-9,20H,10-19H2,1H3,(H,28,30). The van der Waals surface area contributed by atoms with Gasteiger partial charge in [-0.25, -0.2) is 0 Å². The Balaban J connectivity index is 1.34. The number of carbonyl (C=O) groups excluding carboxylic acids is 1. The second kappa shape index (κ2) is 10.7. The molecule has 2 aromatic carbocycles. The number of carbonyl (C=O) groups is 1. The van der Waals surface area contributed by atoms with Gasteiger partial charge in [0.1, 0.15) is 12.4 Å². The summed E-state index contributed by atoms with van der Waals surface area (Å²) in [6.07, 6.45) is 3.85. The summed E-state index contributed by atoms with van der Waals surface area (Å²) in [5, 5.41) is 3.78. The molecule has 0 aliphatic carbocycles. The molecule has 6 heteroatoms. The highest BCUT2D eigenvalue weighted by Crippen LogP contribution is 2.37. The zero-order chi connectivity index (χ0) is 22.4. The van der Waals surface area contributed by atoms with Crippen molar-refractivity contribution in [2.24, 2.45) is 5.92 Å². The molecule has 0 aromatic heterocycles. The molecule has 0 atom stereocenters. The fraction of sp³-hybridized carbons (Fsp3) is 0.500. The van der Waals surface area contributed by atoms with Gasteiger partial charge in [-0.3, -0.25) is 9.69 Å². The van der Waals surface area contributed by atoms with Crippen LogP contribution in [0.5, 0.6) is 5.75 Å². The highest BCUT2D eigenvalue weighted by Gasteiger charge is 2.41. The van der Waals surface area contributed by atoms with E-state index in [4.69, 9.17) is 21.1 Å². The van der Waals surface area contributed by atoms with Crippen LogP contribution in [0.25, 0.3) is 0 Å². The third-order valence-corrected chi connectivity index (χ3v) is 7.09. The number of anilines is 1. The summed E-state index contributed by atoms with van der Waals surface area (Å²) in [6, 6.07) is 15.3. The van der Waals surface area contributed by atoms with Crippen molar-refractivity contribution < 1.29 is 14.3 Å². The van der Waals surface area contributed by atoms with Crippen molar-refractivity contribution in [3.63, 3.8) is 0 Å². The number of halogens is 1. The molecule has 2 aliphatic heterocycles. The van der Waals surface area contributed by atoms with Gasteiger partial charge in [0.2, 0.25) is 5.91 Å². The first-order valence-electron chi connectivity index (χ1n) is 11.7. The fourth-order valence-corrected chi connectivity index (χ4v) is 4.73. The van der Waals surface area contributed by atoms with Gasteiger partial charge in [-0.15, -0.1) is 0 Å². The molecular weight excluding hydrogens is 424 g/mol. The van der Waals surface area contributed by atoms with E-state index >= 15 is 0 Å². The van der Waals surface area contributed by atoms with E-state index in [0.29, 0.717) is 37.7 Å². The molecule has 0 saturated carbocycles. The molecule has 0 unspecified atom stereocenters. The van der Waals surface area contributed by atoms with Crippen molar-refractivity contribution in [1.29, 1.82) is 0 Å². The molecule has 0 spiro atoms. The summed E-state index contributed by atoms with van der Waals surface area (Å²) in [5.41, 5.74) is 1.14. The Morgan fingerprint density at radius 1 is 1.09 bits per heavy atom. The summed E-state index contributed by atoms with van der Waals surface area (Å²) in [7, 11) is 0. The predicted octanol–water partition coefficient (Wildman–Crippen LogP) is 5.14. The van der Waals surface area contributed by atoms with Crippen LogP contribution in [0.2, 0.25) is 5.02 Å². The second-order valence-corrected chi connectivity index (χ2v) is 9.49. The second-order valence-electron chi connectivity index (χ2n) is 9.05. The van der Waals surface area contributed by atoms with Gasteiger partial charge in [-0.1, -0.05) is 30.7 Å². The number of amides is 1. The lowest BCUT2D eigenvalue weighted by molar-refractivity contribution is -0.125. The van der Waals surface area contributed by atoms with Crippen molar-refractivity contribution in [2.45, 2.75) is 38.0 Å². The number of benzene rings is 2. The van der Waals surface area contributed by atoms with E-state index < -0.39 is 5.41 Å². The molecule has 5 nitrogen and oxygen atoms in total. The molecule has 0 radical (unpaired) electrons. The lowest BCUT2D eigenvalue weighted by atomic mass is 9.73. The molecule has 32 heavy (non-hydrogen) atoms. The summed E-state index contributed by atoms with van der Waals surface area (Å²) < 4.78 is 11.5. The van der Waals surface area contributed by atoms with Gasteiger partial charge in [0.15, 0.2) is 0 Å². The Labute approximate surface area is 196 Å². The fourth-order valence-electron chi connectivity index (χ4n) is 4.60. The van der Waals surface area contributed by atoms with Crippen molar-refractivity contribution in [3.8, 4) is 5.75 Å². The van der Waals surface area contributed by atoms with E-state index in [1.165, 1.54) is 12.8 Å². The summed E-state index contributed by atoms with van der Waals surface area (Å²) in [6.45, 7) is 7.42.